The van der Waals surface area contributed by atoms with Crippen LogP contribution in [0.4, 0.5) is 0 Å². The van der Waals surface area contributed by atoms with Crippen molar-refractivity contribution in [2.75, 3.05) is 0 Å². The minimum absolute atomic E-state index is 0.0186. The van der Waals surface area contributed by atoms with Crippen molar-refractivity contribution in [3.8, 4) is 17.2 Å². The molecule has 30 heavy (non-hydrogen) atoms. The van der Waals surface area contributed by atoms with Gasteiger partial charge in [0.1, 0.15) is 22.8 Å². The number of fused-ring (bicyclic) bond motifs is 2. The van der Waals surface area contributed by atoms with Crippen molar-refractivity contribution < 1.29 is 24.9 Å². The lowest BCUT2D eigenvalue weighted by molar-refractivity contribution is -0.138. The summed E-state index contributed by atoms with van der Waals surface area (Å²) in [6.45, 7) is 6.12. The van der Waals surface area contributed by atoms with Gasteiger partial charge in [0.25, 0.3) is 0 Å². The maximum Gasteiger partial charge on any atom is 0.189 e. The average molecular weight is 408 g/mol. The van der Waals surface area contributed by atoms with Crippen LogP contribution >= 0.6 is 0 Å². The second kappa shape index (κ2) is 7.17. The summed E-state index contributed by atoms with van der Waals surface area (Å²) < 4.78 is 6.45. The van der Waals surface area contributed by atoms with Gasteiger partial charge in [0.05, 0.1) is 11.7 Å². The Hall–Kier alpha value is -2.79. The Balaban J connectivity index is 1.70. The predicted octanol–water partition coefficient (Wildman–Crippen LogP) is 4.48. The Labute approximate surface area is 176 Å². The Morgan fingerprint density at radius 1 is 1.10 bits per heavy atom. The number of aliphatic hydroxyl groups is 1. The van der Waals surface area contributed by atoms with Gasteiger partial charge in [0.2, 0.25) is 0 Å². The van der Waals surface area contributed by atoms with Gasteiger partial charge in [-0.3, -0.25) is 4.79 Å². The van der Waals surface area contributed by atoms with Crippen molar-refractivity contribution in [3.05, 3.63) is 59.2 Å². The molecule has 2 aromatic rings. The van der Waals surface area contributed by atoms with Crippen LogP contribution in [0.3, 0.4) is 0 Å². The van der Waals surface area contributed by atoms with E-state index in [0.717, 1.165) is 5.56 Å². The molecule has 0 bridgehead atoms. The Morgan fingerprint density at radius 2 is 1.80 bits per heavy atom. The van der Waals surface area contributed by atoms with Gasteiger partial charge in [0, 0.05) is 11.5 Å². The second-order valence-corrected chi connectivity index (χ2v) is 9.28. The number of carbonyl (C=O) groups is 1. The molecular weight excluding hydrogens is 380 g/mol. The van der Waals surface area contributed by atoms with E-state index in [4.69, 9.17) is 4.74 Å². The quantitative estimate of drug-likeness (QED) is 0.515. The van der Waals surface area contributed by atoms with Gasteiger partial charge in [-0.1, -0.05) is 32.1 Å². The summed E-state index contributed by atoms with van der Waals surface area (Å²) >= 11 is 0. The third-order valence-corrected chi connectivity index (χ3v) is 6.97. The number of rotatable bonds is 3. The number of ether oxygens (including phenoxy) is 1. The minimum atomic E-state index is -0.515. The fraction of sp³-hybridized carbons (Fsp3) is 0.400. The Morgan fingerprint density at radius 3 is 2.50 bits per heavy atom. The van der Waals surface area contributed by atoms with Gasteiger partial charge in [-0.25, -0.2) is 0 Å². The first-order chi connectivity index (χ1) is 14.1. The molecule has 0 radical (unpaired) electrons. The van der Waals surface area contributed by atoms with E-state index in [-0.39, 0.29) is 28.6 Å². The number of hydrogen-bond acceptors (Lipinski definition) is 5. The number of hydrogen-bond donors (Lipinski definition) is 3. The van der Waals surface area contributed by atoms with Gasteiger partial charge in [-0.2, -0.15) is 0 Å². The molecule has 1 aliphatic heterocycles. The van der Waals surface area contributed by atoms with E-state index in [0.29, 0.717) is 36.1 Å². The maximum absolute atomic E-state index is 13.0. The lowest BCUT2D eigenvalue weighted by Crippen LogP contribution is -2.58. The average Bonchev–Trinajstić information content (AvgIpc) is 2.70. The van der Waals surface area contributed by atoms with Crippen LogP contribution in [0.2, 0.25) is 0 Å². The molecule has 0 aromatic heterocycles. The lowest BCUT2D eigenvalue weighted by atomic mass is 9.57. The number of carbonyl (C=O) groups excluding carboxylic acids is 1. The molecule has 0 amide bonds. The maximum atomic E-state index is 13.0. The van der Waals surface area contributed by atoms with Crippen molar-refractivity contribution in [1.29, 1.82) is 0 Å². The normalized spacial score (nSPS) is 27.2. The summed E-state index contributed by atoms with van der Waals surface area (Å²) in [7, 11) is 0. The molecule has 2 aromatic carbocycles. The van der Waals surface area contributed by atoms with E-state index < -0.39 is 11.7 Å². The van der Waals surface area contributed by atoms with Gasteiger partial charge in [-0.15, -0.1) is 0 Å². The first-order valence-corrected chi connectivity index (χ1v) is 10.4. The molecule has 5 heteroatoms. The zero-order valence-electron chi connectivity index (χ0n) is 17.6. The lowest BCUT2D eigenvalue weighted by Gasteiger charge is -2.55. The molecule has 1 fully saturated rings. The molecule has 0 unspecified atom stereocenters. The number of ketones is 1. The number of aromatic hydroxyl groups is 2. The van der Waals surface area contributed by atoms with E-state index in [2.05, 4.69) is 0 Å². The minimum Gasteiger partial charge on any atom is -0.508 e. The van der Waals surface area contributed by atoms with Crippen LogP contribution in [0, 0.1) is 11.3 Å². The molecule has 5 nitrogen and oxygen atoms in total. The van der Waals surface area contributed by atoms with Crippen molar-refractivity contribution >= 4 is 11.9 Å². The Bertz CT molecular complexity index is 1000. The summed E-state index contributed by atoms with van der Waals surface area (Å²) in [5.74, 6) is 0.535. The molecular formula is C25H28O5. The van der Waals surface area contributed by atoms with Crippen LogP contribution in [0.5, 0.6) is 17.2 Å². The van der Waals surface area contributed by atoms with Crippen molar-refractivity contribution in [2.24, 2.45) is 11.3 Å². The first-order valence-electron chi connectivity index (χ1n) is 10.4. The van der Waals surface area contributed by atoms with Gasteiger partial charge in [0.15, 0.2) is 5.78 Å². The van der Waals surface area contributed by atoms with E-state index in [1.165, 1.54) is 6.08 Å². The smallest absolute Gasteiger partial charge is 0.189 e. The summed E-state index contributed by atoms with van der Waals surface area (Å²) in [4.78, 5) is 13.0. The zero-order chi connectivity index (χ0) is 21.7. The highest BCUT2D eigenvalue weighted by molar-refractivity contribution is 6.09. The molecule has 2 aliphatic rings. The first kappa shape index (κ1) is 20.5. The van der Waals surface area contributed by atoms with Gasteiger partial charge >= 0.3 is 0 Å². The molecule has 0 saturated heterocycles. The van der Waals surface area contributed by atoms with Crippen LogP contribution in [-0.4, -0.2) is 32.8 Å². The molecule has 3 N–H and O–H groups in total. The molecule has 4 rings (SSSR count). The molecule has 1 aliphatic carbocycles. The largest absolute Gasteiger partial charge is 0.508 e. The van der Waals surface area contributed by atoms with E-state index in [9.17, 15) is 20.1 Å². The van der Waals surface area contributed by atoms with Crippen molar-refractivity contribution in [2.45, 2.75) is 51.7 Å². The number of benzene rings is 2. The monoisotopic (exact) mass is 408 g/mol. The van der Waals surface area contributed by atoms with Crippen molar-refractivity contribution in [3.63, 3.8) is 0 Å². The molecule has 1 heterocycles. The SMILES string of the molecule is CC1(C)[C@H]2Cc3c(O)ccc(C(=O)C=Cc4ccc(O)cc4)c3O[C@@]2(C)CC[C@@H]1O. The highest BCUT2D eigenvalue weighted by atomic mass is 16.5. The summed E-state index contributed by atoms with van der Waals surface area (Å²) in [6, 6.07) is 9.72. The second-order valence-electron chi connectivity index (χ2n) is 9.28. The van der Waals surface area contributed by atoms with Crippen LogP contribution in [-0.2, 0) is 6.42 Å². The highest BCUT2D eigenvalue weighted by Crippen LogP contribution is 2.55. The standard InChI is InChI=1S/C25H28O5/c1-24(2)21-14-18-20(28)11-9-17(23(18)30-25(21,3)13-12-22(24)29)19(27)10-6-15-4-7-16(26)8-5-15/h4-11,21-22,26,28-29H,12-14H2,1-3H3/t21-,22+,25+/m1/s1. The molecule has 0 spiro atoms. The van der Waals surface area contributed by atoms with Crippen LogP contribution in [0.15, 0.2) is 42.5 Å². The zero-order valence-corrected chi connectivity index (χ0v) is 17.6. The van der Waals surface area contributed by atoms with Crippen LogP contribution in [0.25, 0.3) is 6.08 Å². The topological polar surface area (TPSA) is 87.0 Å². The van der Waals surface area contributed by atoms with E-state index in [1.807, 2.05) is 20.8 Å². The van der Waals surface area contributed by atoms with Gasteiger partial charge in [-0.05, 0) is 67.5 Å². The van der Waals surface area contributed by atoms with Gasteiger partial charge < -0.3 is 20.1 Å². The van der Waals surface area contributed by atoms with Crippen LogP contribution < -0.4 is 4.74 Å². The molecule has 3 atom stereocenters. The predicted molar refractivity (Wildman–Crippen MR) is 115 cm³/mol. The van der Waals surface area contributed by atoms with Crippen LogP contribution in [0.1, 0.15) is 55.1 Å². The van der Waals surface area contributed by atoms with Crippen molar-refractivity contribution in [1.82, 2.24) is 0 Å². The molecule has 158 valence electrons. The third-order valence-electron chi connectivity index (χ3n) is 6.97. The van der Waals surface area contributed by atoms with E-state index >= 15 is 0 Å². The number of phenols is 2. The number of aliphatic hydroxyl groups excluding tert-OH is 1. The number of phenolic OH excluding ortho intramolecular Hbond substituents is 2. The highest BCUT2D eigenvalue weighted by Gasteiger charge is 2.55. The third kappa shape index (κ3) is 3.37. The fourth-order valence-corrected chi connectivity index (χ4v) is 5.00. The summed E-state index contributed by atoms with van der Waals surface area (Å²) in [6.07, 6.45) is 4.61. The molecule has 1 saturated carbocycles. The Kier molecular flexibility index (Phi) is 4.89. The number of allylic oxidation sites excluding steroid dienone is 1. The summed E-state index contributed by atoms with van der Waals surface area (Å²) in [5.41, 5.74) is 0.963. The summed E-state index contributed by atoms with van der Waals surface area (Å²) in [5, 5.41) is 30.5. The van der Waals surface area contributed by atoms with E-state index in [1.54, 1.807) is 42.5 Å². The fourth-order valence-electron chi connectivity index (χ4n) is 5.00.